The predicted molar refractivity (Wildman–Crippen MR) is 74.0 cm³/mol. The maximum atomic E-state index is 11.8. The number of carbonyl (C=O) groups is 1. The second kappa shape index (κ2) is 6.00. The van der Waals surface area contributed by atoms with E-state index in [0.29, 0.717) is 5.17 Å². The summed E-state index contributed by atoms with van der Waals surface area (Å²) in [7, 11) is 2.13. The van der Waals surface area contributed by atoms with Crippen LogP contribution in [0.1, 0.15) is 10.5 Å². The minimum atomic E-state index is -0.549. The Balaban J connectivity index is 3.01. The number of hydrogen-bond acceptors (Lipinski definition) is 7. The van der Waals surface area contributed by atoms with E-state index < -0.39 is 5.91 Å². The van der Waals surface area contributed by atoms with Crippen LogP contribution in [0.15, 0.2) is 4.76 Å². The fourth-order valence-electron chi connectivity index (χ4n) is 0.901. The maximum absolute atomic E-state index is 11.8. The number of nitrogens with two attached hydrogens (primary N) is 2. The number of halogens is 1. The average Bonchev–Trinajstić information content (AvgIpc) is 2.30. The van der Waals surface area contributed by atoms with Gasteiger partial charge in [-0.05, 0) is 15.6 Å². The van der Waals surface area contributed by atoms with E-state index in [0.717, 1.165) is 0 Å². The highest BCUT2D eigenvalue weighted by Crippen LogP contribution is 2.17. The highest BCUT2D eigenvalue weighted by Gasteiger charge is 2.16. The van der Waals surface area contributed by atoms with Crippen LogP contribution < -0.4 is 16.8 Å². The van der Waals surface area contributed by atoms with Crippen molar-refractivity contribution in [2.75, 3.05) is 17.7 Å². The Morgan fingerprint density at radius 2 is 2.12 bits per heavy atom. The van der Waals surface area contributed by atoms with Gasteiger partial charge >= 0.3 is 0 Å². The van der Waals surface area contributed by atoms with Crippen molar-refractivity contribution in [2.24, 2.45) is 4.76 Å². The summed E-state index contributed by atoms with van der Waals surface area (Å²) in [5, 5.41) is 2.82. The van der Waals surface area contributed by atoms with Crippen LogP contribution in [0.4, 0.5) is 11.6 Å². The lowest BCUT2D eigenvalue weighted by molar-refractivity contribution is 0.0974. The zero-order valence-electron chi connectivity index (χ0n) is 8.77. The van der Waals surface area contributed by atoms with Crippen LogP contribution in [0.25, 0.3) is 0 Å². The maximum Gasteiger partial charge on any atom is 0.279 e. The third-order valence-corrected chi connectivity index (χ3v) is 2.97. The Morgan fingerprint density at radius 1 is 1.47 bits per heavy atom. The molecule has 1 aromatic rings. The minimum absolute atomic E-state index is 0.0227. The van der Waals surface area contributed by atoms with E-state index in [-0.39, 0.29) is 22.5 Å². The van der Waals surface area contributed by atoms with Crippen molar-refractivity contribution in [1.29, 1.82) is 0 Å². The molecule has 1 heterocycles. The van der Waals surface area contributed by atoms with Crippen LogP contribution >= 0.6 is 32.8 Å². The minimum Gasteiger partial charge on any atom is -0.382 e. The number of anilines is 2. The summed E-state index contributed by atoms with van der Waals surface area (Å²) < 4.78 is 3.76. The Bertz CT molecular complexity index is 482. The number of aromatic nitrogens is 2. The Labute approximate surface area is 109 Å². The number of rotatable bonds is 1. The van der Waals surface area contributed by atoms with E-state index in [1.807, 2.05) is 0 Å². The third kappa shape index (κ3) is 3.42. The van der Waals surface area contributed by atoms with Crippen molar-refractivity contribution >= 4 is 55.5 Å². The van der Waals surface area contributed by atoms with Crippen LogP contribution in [0.5, 0.6) is 0 Å². The smallest absolute Gasteiger partial charge is 0.279 e. The second-order valence-corrected chi connectivity index (χ2v) is 4.14. The zero-order chi connectivity index (χ0) is 13.0. The molecular weight excluding hydrogens is 283 g/mol. The number of amides is 1. The molecule has 1 atom stereocenters. The van der Waals surface area contributed by atoms with Gasteiger partial charge in [-0.1, -0.05) is 23.4 Å². The average molecular weight is 293 g/mol. The van der Waals surface area contributed by atoms with Crippen molar-refractivity contribution < 1.29 is 4.79 Å². The summed E-state index contributed by atoms with van der Waals surface area (Å²) in [6.07, 6.45) is 1.76. The van der Waals surface area contributed by atoms with Crippen molar-refractivity contribution in [2.45, 2.75) is 0 Å². The lowest BCUT2D eigenvalue weighted by atomic mass is 10.4. The van der Waals surface area contributed by atoms with E-state index in [1.54, 1.807) is 6.26 Å². The quantitative estimate of drug-likeness (QED) is 0.395. The van der Waals surface area contributed by atoms with Gasteiger partial charge in [0, 0.05) is 0 Å². The molecule has 1 amide bonds. The lowest BCUT2D eigenvalue weighted by Crippen LogP contribution is -2.29. The Morgan fingerprint density at radius 3 is 2.65 bits per heavy atom. The zero-order valence-corrected chi connectivity index (χ0v) is 11.5. The Hall–Kier alpha value is -1.11. The number of thioether (sulfide) groups is 1. The number of amidine groups is 1. The fraction of sp³-hybridized carbons (Fsp3) is 0.143. The summed E-state index contributed by atoms with van der Waals surface area (Å²) in [5.41, 5.74) is 10.8. The van der Waals surface area contributed by atoms with E-state index in [1.165, 1.54) is 11.8 Å². The second-order valence-electron chi connectivity index (χ2n) is 2.73. The molecule has 0 aliphatic carbocycles. The molecule has 0 aliphatic heterocycles. The van der Waals surface area contributed by atoms with Gasteiger partial charge in [-0.25, -0.2) is 14.7 Å². The molecule has 0 saturated heterocycles. The molecule has 92 valence electrons. The van der Waals surface area contributed by atoms with Gasteiger partial charge < -0.3 is 11.5 Å². The van der Waals surface area contributed by atoms with E-state index in [4.69, 9.17) is 23.1 Å². The summed E-state index contributed by atoms with van der Waals surface area (Å²) in [6, 6.07) is 0. The van der Waals surface area contributed by atoms with Gasteiger partial charge in [0.2, 0.25) is 0 Å². The third-order valence-electron chi connectivity index (χ3n) is 1.65. The predicted octanol–water partition coefficient (Wildman–Crippen LogP) is 0.533. The topological polar surface area (TPSA) is 119 Å². The molecule has 0 saturated carbocycles. The SMILES string of the molecule is CS/C(=N\P)NC(=O)c1nc(Cl)c(N)nc1N. The molecule has 0 bridgehead atoms. The number of nitrogen functional groups attached to an aromatic ring is 2. The molecule has 10 heteroatoms. The molecule has 17 heavy (non-hydrogen) atoms. The Kier molecular flexibility index (Phi) is 4.92. The van der Waals surface area contributed by atoms with Crippen LogP contribution in [-0.4, -0.2) is 27.3 Å². The molecular formula is C7H10ClN6OPS. The van der Waals surface area contributed by atoms with Gasteiger partial charge in [0.1, 0.15) is 0 Å². The van der Waals surface area contributed by atoms with Gasteiger partial charge in [0.15, 0.2) is 27.7 Å². The van der Waals surface area contributed by atoms with Gasteiger partial charge in [0.05, 0.1) is 0 Å². The van der Waals surface area contributed by atoms with Gasteiger partial charge in [-0.15, -0.1) is 0 Å². The summed E-state index contributed by atoms with van der Waals surface area (Å²) in [6.45, 7) is 0. The number of hydrogen-bond donors (Lipinski definition) is 3. The molecule has 0 fully saturated rings. The molecule has 7 nitrogen and oxygen atoms in total. The number of carbonyl (C=O) groups excluding carboxylic acids is 1. The summed E-state index contributed by atoms with van der Waals surface area (Å²) in [4.78, 5) is 19.2. The molecule has 0 radical (unpaired) electrons. The van der Waals surface area contributed by atoms with E-state index in [9.17, 15) is 4.79 Å². The first-order valence-corrected chi connectivity index (χ1v) is 6.33. The first-order chi connectivity index (χ1) is 7.99. The highest BCUT2D eigenvalue weighted by molar-refractivity contribution is 8.13. The van der Waals surface area contributed by atoms with Crippen LogP contribution in [-0.2, 0) is 0 Å². The molecule has 0 aromatic carbocycles. The van der Waals surface area contributed by atoms with Crippen molar-refractivity contribution in [3.63, 3.8) is 0 Å². The number of nitrogens with one attached hydrogen (secondary N) is 1. The molecule has 5 N–H and O–H groups in total. The summed E-state index contributed by atoms with van der Waals surface area (Å²) >= 11 is 6.92. The molecule has 1 unspecified atom stereocenters. The molecule has 0 aliphatic rings. The fourth-order valence-corrected chi connectivity index (χ4v) is 1.71. The largest absolute Gasteiger partial charge is 0.382 e. The first kappa shape index (κ1) is 14.0. The van der Waals surface area contributed by atoms with Crippen LogP contribution in [0, 0.1) is 0 Å². The van der Waals surface area contributed by atoms with E-state index in [2.05, 4.69) is 29.4 Å². The number of nitrogens with zero attached hydrogens (tertiary/aromatic N) is 3. The van der Waals surface area contributed by atoms with Crippen molar-refractivity contribution in [3.8, 4) is 0 Å². The standard InChI is InChI=1S/C7H10ClN6OPS/c1-17-7(14-16)13-6(15)2-4(9)12-5(10)3(8)11-2/h16H2,1H3,(H4,9,10,12)(H,13,14,15). The molecule has 1 rings (SSSR count). The molecule has 0 spiro atoms. The highest BCUT2D eigenvalue weighted by atomic mass is 35.5. The summed E-state index contributed by atoms with van der Waals surface area (Å²) in [5.74, 6) is -0.661. The monoisotopic (exact) mass is 292 g/mol. The van der Waals surface area contributed by atoms with Crippen LogP contribution in [0.3, 0.4) is 0 Å². The van der Waals surface area contributed by atoms with E-state index >= 15 is 0 Å². The van der Waals surface area contributed by atoms with Gasteiger partial charge in [-0.3, -0.25) is 10.1 Å². The van der Waals surface area contributed by atoms with Crippen LogP contribution in [0.2, 0.25) is 5.15 Å². The van der Waals surface area contributed by atoms with Crippen molar-refractivity contribution in [3.05, 3.63) is 10.8 Å². The van der Waals surface area contributed by atoms with Crippen molar-refractivity contribution in [1.82, 2.24) is 15.3 Å². The molecule has 1 aromatic heterocycles. The normalized spacial score (nSPS) is 11.4. The lowest BCUT2D eigenvalue weighted by Gasteiger charge is -2.07. The van der Waals surface area contributed by atoms with Gasteiger partial charge in [0.25, 0.3) is 5.91 Å². The first-order valence-electron chi connectivity index (χ1n) is 4.21. The van der Waals surface area contributed by atoms with Gasteiger partial charge in [-0.2, -0.15) is 0 Å².